The van der Waals surface area contributed by atoms with Crippen molar-refractivity contribution < 1.29 is 9.63 Å². The van der Waals surface area contributed by atoms with E-state index < -0.39 is 0 Å². The molecule has 0 bridgehead atoms. The molecule has 1 heterocycles. The van der Waals surface area contributed by atoms with Crippen molar-refractivity contribution in [3.63, 3.8) is 0 Å². The van der Waals surface area contributed by atoms with Crippen LogP contribution in [0, 0.1) is 0 Å². The van der Waals surface area contributed by atoms with Gasteiger partial charge in [-0.3, -0.25) is 9.63 Å². The van der Waals surface area contributed by atoms with Gasteiger partial charge in [-0.1, -0.05) is 30.3 Å². The van der Waals surface area contributed by atoms with Gasteiger partial charge in [-0.25, -0.2) is 5.06 Å². The highest BCUT2D eigenvalue weighted by molar-refractivity contribution is 5.81. The largest absolute Gasteiger partial charge is 0.306 e. The second-order valence-corrected chi connectivity index (χ2v) is 4.19. The Kier molecular flexibility index (Phi) is 4.12. The lowest BCUT2D eigenvalue weighted by Gasteiger charge is -2.23. The van der Waals surface area contributed by atoms with E-state index in [1.807, 2.05) is 30.3 Å². The minimum absolute atomic E-state index is 0.0221. The number of hydrogen-bond acceptors (Lipinski definition) is 3. The van der Waals surface area contributed by atoms with E-state index >= 15 is 0 Å². The molecule has 92 valence electrons. The van der Waals surface area contributed by atoms with Gasteiger partial charge >= 0.3 is 0 Å². The lowest BCUT2D eigenvalue weighted by atomic mass is 10.2. The van der Waals surface area contributed by atoms with E-state index in [2.05, 4.69) is 5.32 Å². The third-order valence-corrected chi connectivity index (χ3v) is 2.99. The predicted octanol–water partition coefficient (Wildman–Crippen LogP) is 1.33. The number of hydrogen-bond donors (Lipinski definition) is 1. The molecule has 0 saturated carbocycles. The van der Waals surface area contributed by atoms with Gasteiger partial charge in [0.05, 0.1) is 19.7 Å². The number of carbonyl (C=O) groups excluding carboxylic acids is 1. The van der Waals surface area contributed by atoms with Crippen LogP contribution in [0.15, 0.2) is 30.3 Å². The minimum Gasteiger partial charge on any atom is -0.306 e. The zero-order chi connectivity index (χ0) is 12.1. The van der Waals surface area contributed by atoms with Gasteiger partial charge in [0, 0.05) is 0 Å². The molecule has 1 aliphatic heterocycles. The third-order valence-electron chi connectivity index (χ3n) is 2.99. The Labute approximate surface area is 102 Å². The van der Waals surface area contributed by atoms with E-state index in [0.29, 0.717) is 6.54 Å². The smallest absolute Gasteiger partial charge is 0.263 e. The average molecular weight is 234 g/mol. The molecule has 4 heteroatoms. The normalized spacial score (nSPS) is 19.2. The highest BCUT2D eigenvalue weighted by Crippen LogP contribution is 2.11. The van der Waals surface area contributed by atoms with Crippen LogP contribution in [0.4, 0.5) is 0 Å². The molecule has 0 aromatic heterocycles. The Morgan fingerprint density at radius 2 is 2.24 bits per heavy atom. The van der Waals surface area contributed by atoms with Gasteiger partial charge in [-0.15, -0.1) is 0 Å². The molecular weight excluding hydrogens is 216 g/mol. The third kappa shape index (κ3) is 3.05. The number of nitrogens with one attached hydrogen (secondary N) is 1. The maximum Gasteiger partial charge on any atom is 0.263 e. The summed E-state index contributed by atoms with van der Waals surface area (Å²) in [5, 5.41) is 4.61. The number of nitrogens with zero attached hydrogens (tertiary/aromatic N) is 1. The van der Waals surface area contributed by atoms with Crippen LogP contribution in [0.1, 0.15) is 18.4 Å². The molecule has 1 unspecified atom stereocenters. The Balaban J connectivity index is 1.98. The van der Waals surface area contributed by atoms with Crippen molar-refractivity contribution in [2.45, 2.75) is 25.4 Å². The first-order chi connectivity index (χ1) is 8.31. The van der Waals surface area contributed by atoms with Gasteiger partial charge < -0.3 is 5.32 Å². The van der Waals surface area contributed by atoms with Gasteiger partial charge in [0.15, 0.2) is 0 Å². The summed E-state index contributed by atoms with van der Waals surface area (Å²) in [6, 6.07) is 9.77. The summed E-state index contributed by atoms with van der Waals surface area (Å²) in [6.45, 7) is 1.41. The van der Waals surface area contributed by atoms with Crippen LogP contribution in [0.3, 0.4) is 0 Å². The van der Waals surface area contributed by atoms with Gasteiger partial charge in [0.2, 0.25) is 0 Å². The van der Waals surface area contributed by atoms with Crippen LogP contribution in [-0.2, 0) is 16.2 Å². The molecule has 1 aromatic rings. The molecule has 1 aromatic carbocycles. The SMILES string of the molecule is CON(Cc1ccccc1)C(=O)C1CCCN1. The highest BCUT2D eigenvalue weighted by Gasteiger charge is 2.27. The van der Waals surface area contributed by atoms with E-state index in [9.17, 15) is 4.79 Å². The highest BCUT2D eigenvalue weighted by atomic mass is 16.7. The summed E-state index contributed by atoms with van der Waals surface area (Å²) < 4.78 is 0. The summed E-state index contributed by atoms with van der Waals surface area (Å²) in [6.07, 6.45) is 1.95. The van der Waals surface area contributed by atoms with Crippen molar-refractivity contribution in [2.24, 2.45) is 0 Å². The molecule has 2 rings (SSSR count). The first kappa shape index (κ1) is 12.1. The second-order valence-electron chi connectivity index (χ2n) is 4.19. The number of benzene rings is 1. The molecule has 1 amide bonds. The monoisotopic (exact) mass is 234 g/mol. The quantitative estimate of drug-likeness (QED) is 0.799. The van der Waals surface area contributed by atoms with Crippen LogP contribution in [0.2, 0.25) is 0 Å². The van der Waals surface area contributed by atoms with Crippen molar-refractivity contribution in [1.82, 2.24) is 10.4 Å². The van der Waals surface area contributed by atoms with Crippen molar-refractivity contribution in [3.05, 3.63) is 35.9 Å². The summed E-state index contributed by atoms with van der Waals surface area (Å²) in [7, 11) is 1.54. The van der Waals surface area contributed by atoms with Crippen molar-refractivity contribution in [1.29, 1.82) is 0 Å². The van der Waals surface area contributed by atoms with Gasteiger partial charge in [0.1, 0.15) is 0 Å². The van der Waals surface area contributed by atoms with E-state index in [0.717, 1.165) is 24.9 Å². The molecule has 1 atom stereocenters. The zero-order valence-corrected chi connectivity index (χ0v) is 10.1. The molecule has 17 heavy (non-hydrogen) atoms. The van der Waals surface area contributed by atoms with Gasteiger partial charge in [0.25, 0.3) is 5.91 Å². The molecule has 1 aliphatic rings. The number of hydroxylamine groups is 2. The molecule has 0 spiro atoms. The van der Waals surface area contributed by atoms with Crippen LogP contribution < -0.4 is 5.32 Å². The molecule has 0 aliphatic carbocycles. The number of rotatable bonds is 4. The molecule has 4 nitrogen and oxygen atoms in total. The van der Waals surface area contributed by atoms with Crippen molar-refractivity contribution >= 4 is 5.91 Å². The first-order valence-electron chi connectivity index (χ1n) is 5.94. The Morgan fingerprint density at radius 3 is 2.82 bits per heavy atom. The van der Waals surface area contributed by atoms with Crippen molar-refractivity contribution in [3.8, 4) is 0 Å². The minimum atomic E-state index is -0.0846. The zero-order valence-electron chi connectivity index (χ0n) is 10.1. The van der Waals surface area contributed by atoms with Crippen LogP contribution in [0.5, 0.6) is 0 Å². The van der Waals surface area contributed by atoms with Crippen LogP contribution >= 0.6 is 0 Å². The Morgan fingerprint density at radius 1 is 1.47 bits per heavy atom. The number of carbonyl (C=O) groups is 1. The van der Waals surface area contributed by atoms with E-state index in [4.69, 9.17) is 4.84 Å². The van der Waals surface area contributed by atoms with E-state index in [1.165, 1.54) is 12.2 Å². The van der Waals surface area contributed by atoms with E-state index in [-0.39, 0.29) is 11.9 Å². The first-order valence-corrected chi connectivity index (χ1v) is 5.94. The predicted molar refractivity (Wildman–Crippen MR) is 65.0 cm³/mol. The standard InChI is InChI=1S/C13H18N2O2/c1-17-15(10-11-6-3-2-4-7-11)13(16)12-8-5-9-14-12/h2-4,6-7,12,14H,5,8-10H2,1H3. The topological polar surface area (TPSA) is 41.6 Å². The van der Waals surface area contributed by atoms with Gasteiger partial charge in [-0.2, -0.15) is 0 Å². The maximum atomic E-state index is 12.1. The molecular formula is C13H18N2O2. The van der Waals surface area contributed by atoms with Crippen LogP contribution in [0.25, 0.3) is 0 Å². The fourth-order valence-electron chi connectivity index (χ4n) is 2.05. The fourth-order valence-corrected chi connectivity index (χ4v) is 2.05. The molecule has 1 fully saturated rings. The Hall–Kier alpha value is -1.39. The molecule has 1 N–H and O–H groups in total. The molecule has 1 saturated heterocycles. The summed E-state index contributed by atoms with van der Waals surface area (Å²) in [4.78, 5) is 17.3. The average Bonchev–Trinajstić information content (AvgIpc) is 2.90. The van der Waals surface area contributed by atoms with E-state index in [1.54, 1.807) is 0 Å². The maximum absolute atomic E-state index is 12.1. The Bertz CT molecular complexity index is 361. The van der Waals surface area contributed by atoms with Crippen molar-refractivity contribution in [2.75, 3.05) is 13.7 Å². The van der Waals surface area contributed by atoms with Gasteiger partial charge in [-0.05, 0) is 24.9 Å². The summed E-state index contributed by atoms with van der Waals surface area (Å²) in [5.74, 6) is 0.0221. The summed E-state index contributed by atoms with van der Waals surface area (Å²) >= 11 is 0. The molecule has 0 radical (unpaired) electrons. The fraction of sp³-hybridized carbons (Fsp3) is 0.462. The summed E-state index contributed by atoms with van der Waals surface area (Å²) in [5.41, 5.74) is 1.07. The lowest BCUT2D eigenvalue weighted by molar-refractivity contribution is -0.181. The lowest BCUT2D eigenvalue weighted by Crippen LogP contribution is -2.42. The second kappa shape index (κ2) is 5.80. The number of amides is 1. The van der Waals surface area contributed by atoms with Crippen LogP contribution in [-0.4, -0.2) is 30.7 Å².